The van der Waals surface area contributed by atoms with E-state index in [9.17, 15) is 14.4 Å². The molecule has 6 heteroatoms. The zero-order valence-corrected chi connectivity index (χ0v) is 15.3. The number of ether oxygens (including phenoxy) is 1. The summed E-state index contributed by atoms with van der Waals surface area (Å²) in [6.07, 6.45) is 1.96. The molecular formula is C21H20N2O4. The highest BCUT2D eigenvalue weighted by Crippen LogP contribution is 2.31. The molecule has 138 valence electrons. The van der Waals surface area contributed by atoms with Crippen molar-refractivity contribution in [1.82, 2.24) is 9.80 Å². The van der Waals surface area contributed by atoms with E-state index in [1.54, 1.807) is 25.3 Å². The molecule has 1 heterocycles. The predicted octanol–water partition coefficient (Wildman–Crippen LogP) is 2.73. The number of methoxy groups -OCH3 is 1. The van der Waals surface area contributed by atoms with Crippen molar-refractivity contribution < 1.29 is 19.1 Å². The lowest BCUT2D eigenvalue weighted by molar-refractivity contribution is 0.0691. The highest BCUT2D eigenvalue weighted by molar-refractivity contribution is 6.21. The maximum absolute atomic E-state index is 13.1. The SMILES string of the molecule is COc1ccc(CN(C(=O)c2ccc3c(c2)C(=O)N(C)C3=O)C2CC2)cc1. The molecule has 2 aromatic rings. The van der Waals surface area contributed by atoms with E-state index in [0.29, 0.717) is 23.2 Å². The number of hydrogen-bond acceptors (Lipinski definition) is 4. The number of hydrogen-bond donors (Lipinski definition) is 0. The standard InChI is InChI=1S/C21H20N2O4/c1-22-20(25)17-10-5-14(11-18(17)21(22)26)19(24)23(15-6-7-15)12-13-3-8-16(27-2)9-4-13/h3-5,8-11,15H,6-7,12H2,1-2H3. The molecule has 1 aliphatic heterocycles. The molecule has 0 bridgehead atoms. The van der Waals surface area contributed by atoms with Crippen LogP contribution in [0.1, 0.15) is 49.5 Å². The van der Waals surface area contributed by atoms with Crippen molar-refractivity contribution in [2.45, 2.75) is 25.4 Å². The molecule has 0 spiro atoms. The molecule has 4 rings (SSSR count). The summed E-state index contributed by atoms with van der Waals surface area (Å²) < 4.78 is 5.18. The normalized spacial score (nSPS) is 15.7. The van der Waals surface area contributed by atoms with Gasteiger partial charge in [0.15, 0.2) is 0 Å². The molecule has 1 fully saturated rings. The maximum atomic E-state index is 13.1. The Morgan fingerprint density at radius 3 is 2.37 bits per heavy atom. The Morgan fingerprint density at radius 1 is 1.07 bits per heavy atom. The fraction of sp³-hybridized carbons (Fsp3) is 0.286. The van der Waals surface area contributed by atoms with Crippen LogP contribution in [-0.4, -0.2) is 47.7 Å². The second kappa shape index (κ2) is 6.54. The van der Waals surface area contributed by atoms with Gasteiger partial charge in [0.2, 0.25) is 0 Å². The first-order valence-corrected chi connectivity index (χ1v) is 8.90. The fourth-order valence-electron chi connectivity index (χ4n) is 3.34. The Hall–Kier alpha value is -3.15. The molecule has 0 aromatic heterocycles. The fourth-order valence-corrected chi connectivity index (χ4v) is 3.34. The smallest absolute Gasteiger partial charge is 0.261 e. The Labute approximate surface area is 157 Å². The molecule has 0 saturated heterocycles. The van der Waals surface area contributed by atoms with Crippen LogP contribution in [0.4, 0.5) is 0 Å². The molecule has 6 nitrogen and oxygen atoms in total. The van der Waals surface area contributed by atoms with Crippen LogP contribution in [-0.2, 0) is 6.54 Å². The van der Waals surface area contributed by atoms with E-state index < -0.39 is 0 Å². The summed E-state index contributed by atoms with van der Waals surface area (Å²) in [6.45, 7) is 0.497. The molecule has 3 amide bonds. The van der Waals surface area contributed by atoms with Crippen LogP contribution in [0.2, 0.25) is 0 Å². The van der Waals surface area contributed by atoms with Crippen LogP contribution in [0.25, 0.3) is 0 Å². The van der Waals surface area contributed by atoms with Crippen molar-refractivity contribution in [3.63, 3.8) is 0 Å². The van der Waals surface area contributed by atoms with Gasteiger partial charge >= 0.3 is 0 Å². The largest absolute Gasteiger partial charge is 0.497 e. The molecule has 0 unspecified atom stereocenters. The number of imide groups is 1. The van der Waals surface area contributed by atoms with Crippen molar-refractivity contribution in [2.75, 3.05) is 14.2 Å². The van der Waals surface area contributed by atoms with Gasteiger partial charge < -0.3 is 9.64 Å². The lowest BCUT2D eigenvalue weighted by Crippen LogP contribution is -2.32. The van der Waals surface area contributed by atoms with Crippen LogP contribution in [0.3, 0.4) is 0 Å². The van der Waals surface area contributed by atoms with Gasteiger partial charge in [0.25, 0.3) is 17.7 Å². The first-order valence-electron chi connectivity index (χ1n) is 8.90. The topological polar surface area (TPSA) is 66.9 Å². The highest BCUT2D eigenvalue weighted by Gasteiger charge is 2.36. The number of amides is 3. The van der Waals surface area contributed by atoms with Gasteiger partial charge in [0.1, 0.15) is 5.75 Å². The number of fused-ring (bicyclic) bond motifs is 1. The van der Waals surface area contributed by atoms with Gasteiger partial charge in [-0.3, -0.25) is 19.3 Å². The molecule has 2 aliphatic rings. The van der Waals surface area contributed by atoms with E-state index in [4.69, 9.17) is 4.74 Å². The van der Waals surface area contributed by atoms with Crippen molar-refractivity contribution >= 4 is 17.7 Å². The molecule has 0 N–H and O–H groups in total. The van der Waals surface area contributed by atoms with Crippen LogP contribution in [0, 0.1) is 0 Å². The summed E-state index contributed by atoms with van der Waals surface area (Å²) in [6, 6.07) is 12.6. The van der Waals surface area contributed by atoms with Crippen molar-refractivity contribution in [2.24, 2.45) is 0 Å². The third-order valence-corrected chi connectivity index (χ3v) is 5.10. The van der Waals surface area contributed by atoms with Gasteiger partial charge in [-0.25, -0.2) is 0 Å². The summed E-state index contributed by atoms with van der Waals surface area (Å²) in [5.74, 6) is -0.0380. The minimum absolute atomic E-state index is 0.120. The van der Waals surface area contributed by atoms with Gasteiger partial charge in [0, 0.05) is 25.2 Å². The zero-order valence-electron chi connectivity index (χ0n) is 15.3. The predicted molar refractivity (Wildman–Crippen MR) is 98.8 cm³/mol. The summed E-state index contributed by atoms with van der Waals surface area (Å²) in [5.41, 5.74) is 2.11. The minimum atomic E-state index is -0.363. The van der Waals surface area contributed by atoms with E-state index in [1.165, 1.54) is 7.05 Å². The number of carbonyl (C=O) groups excluding carboxylic acids is 3. The summed E-state index contributed by atoms with van der Waals surface area (Å²) in [7, 11) is 3.07. The zero-order chi connectivity index (χ0) is 19.1. The van der Waals surface area contributed by atoms with Gasteiger partial charge in [-0.1, -0.05) is 12.1 Å². The molecule has 27 heavy (non-hydrogen) atoms. The first kappa shape index (κ1) is 17.3. The Kier molecular flexibility index (Phi) is 4.18. The van der Waals surface area contributed by atoms with Crippen molar-refractivity contribution in [3.05, 3.63) is 64.7 Å². The van der Waals surface area contributed by atoms with Crippen molar-refractivity contribution in [3.8, 4) is 5.75 Å². The molecule has 2 aromatic carbocycles. The summed E-state index contributed by atoms with van der Waals surface area (Å²) in [5, 5.41) is 0. The number of rotatable bonds is 5. The lowest BCUT2D eigenvalue weighted by atomic mass is 10.0. The second-order valence-electron chi connectivity index (χ2n) is 6.94. The number of nitrogens with zero attached hydrogens (tertiary/aromatic N) is 2. The number of carbonyl (C=O) groups is 3. The molecule has 0 atom stereocenters. The van der Waals surface area contributed by atoms with E-state index in [-0.39, 0.29) is 23.8 Å². The quantitative estimate of drug-likeness (QED) is 0.765. The first-order chi connectivity index (χ1) is 13.0. The lowest BCUT2D eigenvalue weighted by Gasteiger charge is -2.23. The van der Waals surface area contributed by atoms with Gasteiger partial charge in [-0.2, -0.15) is 0 Å². The van der Waals surface area contributed by atoms with Crippen LogP contribution < -0.4 is 4.74 Å². The average molecular weight is 364 g/mol. The summed E-state index contributed by atoms with van der Waals surface area (Å²) in [4.78, 5) is 40.3. The molecule has 1 saturated carbocycles. The van der Waals surface area contributed by atoms with Gasteiger partial charge in [-0.05, 0) is 48.7 Å². The van der Waals surface area contributed by atoms with E-state index >= 15 is 0 Å². The number of benzene rings is 2. The van der Waals surface area contributed by atoms with Gasteiger partial charge in [-0.15, -0.1) is 0 Å². The maximum Gasteiger partial charge on any atom is 0.261 e. The van der Waals surface area contributed by atoms with E-state index in [2.05, 4.69) is 0 Å². The van der Waals surface area contributed by atoms with E-state index in [1.807, 2.05) is 29.2 Å². The molecular weight excluding hydrogens is 344 g/mol. The van der Waals surface area contributed by atoms with Gasteiger partial charge in [0.05, 0.1) is 18.2 Å². The third kappa shape index (κ3) is 3.07. The van der Waals surface area contributed by atoms with Crippen LogP contribution >= 0.6 is 0 Å². The average Bonchev–Trinajstić information content (AvgIpc) is 3.52. The Morgan fingerprint density at radius 2 is 1.74 bits per heavy atom. The third-order valence-electron chi connectivity index (χ3n) is 5.10. The Bertz CT molecular complexity index is 932. The summed E-state index contributed by atoms with van der Waals surface area (Å²) >= 11 is 0. The second-order valence-corrected chi connectivity index (χ2v) is 6.94. The highest BCUT2D eigenvalue weighted by atomic mass is 16.5. The molecule has 0 radical (unpaired) electrons. The molecule has 1 aliphatic carbocycles. The van der Waals surface area contributed by atoms with Crippen LogP contribution in [0.5, 0.6) is 5.75 Å². The minimum Gasteiger partial charge on any atom is -0.497 e. The Balaban J connectivity index is 1.60. The van der Waals surface area contributed by atoms with E-state index in [0.717, 1.165) is 29.1 Å². The van der Waals surface area contributed by atoms with Crippen molar-refractivity contribution in [1.29, 1.82) is 0 Å². The van der Waals surface area contributed by atoms with Crippen LogP contribution in [0.15, 0.2) is 42.5 Å². The monoisotopic (exact) mass is 364 g/mol.